The number of fused-ring (bicyclic) bond motifs is 2. The van der Waals surface area contributed by atoms with E-state index in [2.05, 4.69) is 6.07 Å². The molecule has 0 bridgehead atoms. The van der Waals surface area contributed by atoms with Crippen LogP contribution in [0.4, 0.5) is 11.4 Å². The van der Waals surface area contributed by atoms with Crippen LogP contribution in [0.2, 0.25) is 0 Å². The van der Waals surface area contributed by atoms with E-state index >= 15 is 0 Å². The summed E-state index contributed by atoms with van der Waals surface area (Å²) in [6, 6.07) is 11.9. The molecule has 0 aliphatic heterocycles. The third kappa shape index (κ3) is 0.752. The first kappa shape index (κ1) is 7.44. The van der Waals surface area contributed by atoms with Crippen LogP contribution in [0.25, 0.3) is 0 Å². The van der Waals surface area contributed by atoms with Gasteiger partial charge in [0.05, 0.1) is 0 Å². The molecule has 0 atom stereocenters. The molecule has 0 unspecified atom stereocenters. The minimum absolute atomic E-state index is 0.789. The fourth-order valence-corrected chi connectivity index (χ4v) is 2.04. The van der Waals surface area contributed by atoms with E-state index in [1.807, 2.05) is 30.3 Å². The first-order chi connectivity index (χ1) is 6.77. The van der Waals surface area contributed by atoms with Crippen molar-refractivity contribution < 1.29 is 0 Å². The lowest BCUT2D eigenvalue weighted by molar-refractivity contribution is 1.29. The number of anilines is 2. The molecule has 2 aromatic carbocycles. The van der Waals surface area contributed by atoms with Crippen molar-refractivity contribution in [3.05, 3.63) is 57.3 Å². The molecule has 0 heterocycles. The van der Waals surface area contributed by atoms with Crippen LogP contribution in [0, 0.1) is 20.9 Å². The normalized spacial score (nSPS) is 11.4. The lowest BCUT2D eigenvalue weighted by Gasteiger charge is -2.07. The molecule has 0 amide bonds. The van der Waals surface area contributed by atoms with Crippen molar-refractivity contribution in [2.24, 2.45) is 0 Å². The standard InChI is InChI=1S/C12H10N2/c13-7-4-5-8-9-2-1-3-11(14)12(9)10(8)6-7/h1-6H,13-14H2. The Morgan fingerprint density at radius 2 is 1.64 bits per heavy atom. The highest BCUT2D eigenvalue weighted by molar-refractivity contribution is 5.50. The van der Waals surface area contributed by atoms with Crippen molar-refractivity contribution in [3.63, 3.8) is 0 Å². The zero-order valence-corrected chi connectivity index (χ0v) is 7.62. The number of rotatable bonds is 0. The second-order valence-corrected chi connectivity index (χ2v) is 3.57. The van der Waals surface area contributed by atoms with Crippen LogP contribution >= 0.6 is 0 Å². The highest BCUT2D eigenvalue weighted by Crippen LogP contribution is 2.19. The Hall–Kier alpha value is -1.96. The molecule has 3 rings (SSSR count). The van der Waals surface area contributed by atoms with Gasteiger partial charge < -0.3 is 11.5 Å². The molecule has 1 aliphatic rings. The molecular weight excluding hydrogens is 172 g/mol. The first-order valence-electron chi connectivity index (χ1n) is 4.56. The fourth-order valence-electron chi connectivity index (χ4n) is 2.04. The summed E-state index contributed by atoms with van der Waals surface area (Å²) in [5, 5.41) is 4.81. The van der Waals surface area contributed by atoms with Crippen LogP contribution in [-0.4, -0.2) is 0 Å². The van der Waals surface area contributed by atoms with Gasteiger partial charge in [-0.1, -0.05) is 18.2 Å². The van der Waals surface area contributed by atoms with Crippen molar-refractivity contribution >= 4 is 11.4 Å². The average Bonchev–Trinajstić information content (AvgIpc) is 2.14. The predicted molar refractivity (Wildman–Crippen MR) is 57.1 cm³/mol. The summed E-state index contributed by atoms with van der Waals surface area (Å²) in [7, 11) is 0. The number of hydrogen-bond donors (Lipinski definition) is 2. The third-order valence-electron chi connectivity index (χ3n) is 2.70. The van der Waals surface area contributed by atoms with E-state index in [4.69, 9.17) is 11.5 Å². The number of nitrogen functional groups attached to an aromatic ring is 2. The molecule has 2 aromatic rings. The summed E-state index contributed by atoms with van der Waals surface area (Å²) in [6.07, 6.45) is 0. The monoisotopic (exact) mass is 182 g/mol. The molecule has 68 valence electrons. The van der Waals surface area contributed by atoms with Crippen LogP contribution in [0.5, 0.6) is 0 Å². The van der Waals surface area contributed by atoms with E-state index in [9.17, 15) is 0 Å². The maximum Gasteiger partial charge on any atom is 0.0400 e. The van der Waals surface area contributed by atoms with Gasteiger partial charge in [-0.25, -0.2) is 0 Å². The van der Waals surface area contributed by atoms with Crippen molar-refractivity contribution in [1.82, 2.24) is 0 Å². The molecule has 2 nitrogen and oxygen atoms in total. The topological polar surface area (TPSA) is 52.0 Å². The van der Waals surface area contributed by atoms with Gasteiger partial charge in [-0.15, -0.1) is 0 Å². The van der Waals surface area contributed by atoms with E-state index in [1.165, 1.54) is 15.7 Å². The molecule has 2 heteroatoms. The first-order valence-corrected chi connectivity index (χ1v) is 4.56. The number of hydrogen-bond acceptors (Lipinski definition) is 2. The minimum Gasteiger partial charge on any atom is -0.399 e. The number of nitrogens with two attached hydrogens (primary N) is 2. The van der Waals surface area contributed by atoms with E-state index in [0.29, 0.717) is 0 Å². The van der Waals surface area contributed by atoms with Crippen LogP contribution in [-0.2, 0) is 0 Å². The van der Waals surface area contributed by atoms with E-state index in [0.717, 1.165) is 16.6 Å². The zero-order chi connectivity index (χ0) is 9.71. The Kier molecular flexibility index (Phi) is 1.22. The molecule has 14 heavy (non-hydrogen) atoms. The molecule has 0 saturated heterocycles. The summed E-state index contributed by atoms with van der Waals surface area (Å²) in [5.74, 6) is 0. The van der Waals surface area contributed by atoms with Gasteiger partial charge >= 0.3 is 0 Å². The SMILES string of the molecule is Nc1ccc2c(c1)=c1c(N)cccc1=2. The molecule has 0 fully saturated rings. The maximum absolute atomic E-state index is 5.90. The largest absolute Gasteiger partial charge is 0.399 e. The van der Waals surface area contributed by atoms with E-state index in [1.54, 1.807) is 0 Å². The third-order valence-corrected chi connectivity index (χ3v) is 2.70. The van der Waals surface area contributed by atoms with Crippen molar-refractivity contribution in [2.75, 3.05) is 11.5 Å². The van der Waals surface area contributed by atoms with Gasteiger partial charge in [-0.05, 0) is 33.9 Å². The molecule has 1 aliphatic carbocycles. The van der Waals surface area contributed by atoms with Gasteiger partial charge in [0.2, 0.25) is 0 Å². The van der Waals surface area contributed by atoms with Crippen LogP contribution in [0.15, 0.2) is 36.4 Å². The van der Waals surface area contributed by atoms with Gasteiger partial charge in [0.1, 0.15) is 0 Å². The maximum atomic E-state index is 5.90. The van der Waals surface area contributed by atoms with Crippen LogP contribution in [0.1, 0.15) is 0 Å². The van der Waals surface area contributed by atoms with Gasteiger partial charge in [-0.2, -0.15) is 0 Å². The van der Waals surface area contributed by atoms with E-state index in [-0.39, 0.29) is 0 Å². The Morgan fingerprint density at radius 1 is 0.786 bits per heavy atom. The minimum atomic E-state index is 0.789. The van der Waals surface area contributed by atoms with Gasteiger partial charge in [-0.3, -0.25) is 0 Å². The second-order valence-electron chi connectivity index (χ2n) is 3.57. The summed E-state index contributed by atoms with van der Waals surface area (Å²) < 4.78 is 0. The Morgan fingerprint density at radius 3 is 2.50 bits per heavy atom. The van der Waals surface area contributed by atoms with Crippen molar-refractivity contribution in [1.29, 1.82) is 0 Å². The molecule has 0 saturated carbocycles. The quantitative estimate of drug-likeness (QED) is 0.520. The highest BCUT2D eigenvalue weighted by atomic mass is 14.6. The molecule has 0 aromatic heterocycles. The summed E-state index contributed by atoms with van der Waals surface area (Å²) in [4.78, 5) is 0. The van der Waals surface area contributed by atoms with Gasteiger partial charge in [0.25, 0.3) is 0 Å². The highest BCUT2D eigenvalue weighted by Gasteiger charge is 2.04. The van der Waals surface area contributed by atoms with E-state index < -0.39 is 0 Å². The number of benzene rings is 2. The van der Waals surface area contributed by atoms with Gasteiger partial charge in [0, 0.05) is 16.6 Å². The summed E-state index contributed by atoms with van der Waals surface area (Å²) in [5.41, 5.74) is 13.2. The van der Waals surface area contributed by atoms with Crippen LogP contribution < -0.4 is 11.5 Å². The lowest BCUT2D eigenvalue weighted by atomic mass is 10.00. The molecule has 0 radical (unpaired) electrons. The average molecular weight is 182 g/mol. The molecule has 0 spiro atoms. The fraction of sp³-hybridized carbons (Fsp3) is 0. The predicted octanol–water partition coefficient (Wildman–Crippen LogP) is 1.74. The lowest BCUT2D eigenvalue weighted by Crippen LogP contribution is -1.98. The Labute approximate surface area is 80.8 Å². The Balaban J connectivity index is 2.66. The smallest absolute Gasteiger partial charge is 0.0400 e. The van der Waals surface area contributed by atoms with Crippen molar-refractivity contribution in [2.45, 2.75) is 0 Å². The zero-order valence-electron chi connectivity index (χ0n) is 7.62. The van der Waals surface area contributed by atoms with Crippen molar-refractivity contribution in [3.8, 4) is 0 Å². The van der Waals surface area contributed by atoms with Crippen LogP contribution in [0.3, 0.4) is 0 Å². The molecule has 4 N–H and O–H groups in total. The summed E-state index contributed by atoms with van der Waals surface area (Å²) in [6.45, 7) is 0. The second kappa shape index (κ2) is 2.29. The van der Waals surface area contributed by atoms with Gasteiger partial charge in [0.15, 0.2) is 0 Å². The Bertz CT molecular complexity index is 702. The molecular formula is C12H10N2. The summed E-state index contributed by atoms with van der Waals surface area (Å²) >= 11 is 0.